The van der Waals surface area contributed by atoms with E-state index in [0.29, 0.717) is 18.9 Å². The molecule has 0 aliphatic carbocycles. The molecule has 1 unspecified atom stereocenters. The topological polar surface area (TPSA) is 26.3 Å². The number of allylic oxidation sites excluding steroid dienone is 1. The fourth-order valence-electron chi connectivity index (χ4n) is 1.62. The molecule has 1 heterocycles. The number of ether oxygens (including phenoxy) is 1. The van der Waals surface area contributed by atoms with Crippen molar-refractivity contribution < 1.29 is 9.53 Å². The molecule has 12 heavy (non-hydrogen) atoms. The van der Waals surface area contributed by atoms with Crippen molar-refractivity contribution in [3.8, 4) is 0 Å². The Morgan fingerprint density at radius 3 is 3.08 bits per heavy atom. The fraction of sp³-hybridized carbons (Fsp3) is 0.700. The van der Waals surface area contributed by atoms with Crippen LogP contribution in [0.1, 0.15) is 26.7 Å². The summed E-state index contributed by atoms with van der Waals surface area (Å²) in [6.45, 7) is 5.18. The number of Topliss-reactive ketones (excluding diaryl/α,β-unsaturated/α-hetero) is 1. The fourth-order valence-corrected chi connectivity index (χ4v) is 1.62. The lowest BCUT2D eigenvalue weighted by Crippen LogP contribution is -2.20. The Bertz CT molecular complexity index is 194. The first-order valence-electron chi connectivity index (χ1n) is 4.46. The van der Waals surface area contributed by atoms with Crippen molar-refractivity contribution in [2.24, 2.45) is 5.92 Å². The van der Waals surface area contributed by atoms with Crippen molar-refractivity contribution in [2.75, 3.05) is 13.2 Å². The van der Waals surface area contributed by atoms with Crippen LogP contribution in [0, 0.1) is 5.92 Å². The summed E-state index contributed by atoms with van der Waals surface area (Å²) in [6, 6.07) is 0. The van der Waals surface area contributed by atoms with Gasteiger partial charge in [0.25, 0.3) is 0 Å². The third-order valence-electron chi connectivity index (χ3n) is 2.31. The minimum atomic E-state index is 0.279. The van der Waals surface area contributed by atoms with E-state index in [4.69, 9.17) is 4.74 Å². The van der Waals surface area contributed by atoms with Gasteiger partial charge >= 0.3 is 0 Å². The molecule has 0 N–H and O–H groups in total. The average Bonchev–Trinajstić information content (AvgIpc) is 2.04. The van der Waals surface area contributed by atoms with Crippen LogP contribution in [0.2, 0.25) is 0 Å². The second-order valence-electron chi connectivity index (χ2n) is 3.31. The van der Waals surface area contributed by atoms with Gasteiger partial charge in [0.1, 0.15) is 5.78 Å². The van der Waals surface area contributed by atoms with E-state index in [0.717, 1.165) is 13.0 Å². The summed E-state index contributed by atoms with van der Waals surface area (Å²) in [6.07, 6.45) is 3.76. The zero-order valence-electron chi connectivity index (χ0n) is 7.80. The lowest BCUT2D eigenvalue weighted by Gasteiger charge is -2.24. The van der Waals surface area contributed by atoms with Crippen molar-refractivity contribution in [1.82, 2.24) is 0 Å². The molecule has 68 valence electrons. The monoisotopic (exact) mass is 168 g/mol. The quantitative estimate of drug-likeness (QED) is 0.589. The maximum atomic E-state index is 10.9. The van der Waals surface area contributed by atoms with E-state index in [1.165, 1.54) is 5.57 Å². The average molecular weight is 168 g/mol. The lowest BCUT2D eigenvalue weighted by molar-refractivity contribution is -0.118. The highest BCUT2D eigenvalue weighted by Gasteiger charge is 2.19. The first kappa shape index (κ1) is 9.46. The zero-order chi connectivity index (χ0) is 8.97. The van der Waals surface area contributed by atoms with E-state index in [9.17, 15) is 4.79 Å². The molecule has 1 fully saturated rings. The first-order valence-corrected chi connectivity index (χ1v) is 4.46. The highest BCUT2D eigenvalue weighted by molar-refractivity contribution is 5.76. The van der Waals surface area contributed by atoms with E-state index in [1.807, 2.05) is 6.92 Å². The van der Waals surface area contributed by atoms with Crippen LogP contribution < -0.4 is 0 Å². The van der Waals surface area contributed by atoms with E-state index >= 15 is 0 Å². The van der Waals surface area contributed by atoms with Crippen LogP contribution in [-0.4, -0.2) is 19.0 Å². The highest BCUT2D eigenvalue weighted by Crippen LogP contribution is 2.24. The van der Waals surface area contributed by atoms with E-state index in [1.54, 1.807) is 6.92 Å². The summed E-state index contributed by atoms with van der Waals surface area (Å²) >= 11 is 0. The smallest absolute Gasteiger partial charge is 0.130 e. The van der Waals surface area contributed by atoms with Gasteiger partial charge in [-0.25, -0.2) is 0 Å². The van der Waals surface area contributed by atoms with Crippen LogP contribution in [0.25, 0.3) is 0 Å². The molecule has 0 saturated carbocycles. The SMILES string of the molecule is C/C=C1/COCCC1CC(C)=O. The molecule has 2 nitrogen and oxygen atoms in total. The molecule has 0 aromatic heterocycles. The molecule has 1 atom stereocenters. The van der Waals surface area contributed by atoms with Crippen LogP contribution in [0.5, 0.6) is 0 Å². The van der Waals surface area contributed by atoms with Gasteiger partial charge in [-0.15, -0.1) is 0 Å². The Labute approximate surface area is 73.6 Å². The molecular formula is C10H16O2. The summed E-state index contributed by atoms with van der Waals surface area (Å²) in [7, 11) is 0. The van der Waals surface area contributed by atoms with Gasteiger partial charge in [-0.2, -0.15) is 0 Å². The first-order chi connectivity index (χ1) is 5.74. The molecular weight excluding hydrogens is 152 g/mol. The standard InChI is InChI=1S/C10H16O2/c1-3-9-7-12-5-4-10(9)6-8(2)11/h3,10H,4-7H2,1-2H3/b9-3-. The number of rotatable bonds is 2. The number of ketones is 1. The molecule has 1 aliphatic rings. The Morgan fingerprint density at radius 2 is 2.50 bits per heavy atom. The van der Waals surface area contributed by atoms with Gasteiger partial charge in [-0.05, 0) is 31.8 Å². The zero-order valence-corrected chi connectivity index (χ0v) is 7.80. The van der Waals surface area contributed by atoms with E-state index in [-0.39, 0.29) is 5.78 Å². The van der Waals surface area contributed by atoms with Crippen molar-refractivity contribution in [2.45, 2.75) is 26.7 Å². The number of hydrogen-bond donors (Lipinski definition) is 0. The number of hydrogen-bond acceptors (Lipinski definition) is 2. The molecule has 0 amide bonds. The third kappa shape index (κ3) is 2.45. The predicted molar refractivity (Wildman–Crippen MR) is 48.0 cm³/mol. The van der Waals surface area contributed by atoms with Gasteiger partial charge in [-0.3, -0.25) is 0 Å². The second kappa shape index (κ2) is 4.41. The molecule has 1 saturated heterocycles. The maximum Gasteiger partial charge on any atom is 0.130 e. The number of carbonyl (C=O) groups excluding carboxylic acids is 1. The van der Waals surface area contributed by atoms with Crippen LogP contribution in [0.4, 0.5) is 0 Å². The molecule has 1 aliphatic heterocycles. The Kier molecular flexibility index (Phi) is 3.48. The molecule has 0 radical (unpaired) electrons. The normalized spacial score (nSPS) is 27.5. The Morgan fingerprint density at radius 1 is 1.75 bits per heavy atom. The van der Waals surface area contributed by atoms with Gasteiger partial charge in [0, 0.05) is 13.0 Å². The summed E-state index contributed by atoms with van der Waals surface area (Å²) in [4.78, 5) is 10.9. The molecule has 2 heteroatoms. The van der Waals surface area contributed by atoms with Crippen LogP contribution in [0.3, 0.4) is 0 Å². The Hall–Kier alpha value is -0.630. The molecule has 0 aromatic carbocycles. The summed E-state index contributed by atoms with van der Waals surface area (Å²) < 4.78 is 5.31. The Balaban J connectivity index is 2.53. The van der Waals surface area contributed by atoms with Gasteiger partial charge in [0.15, 0.2) is 0 Å². The van der Waals surface area contributed by atoms with Gasteiger partial charge in [0.05, 0.1) is 6.61 Å². The van der Waals surface area contributed by atoms with E-state index < -0.39 is 0 Å². The van der Waals surface area contributed by atoms with Crippen LogP contribution in [0.15, 0.2) is 11.6 Å². The summed E-state index contributed by atoms with van der Waals surface area (Å²) in [5.74, 6) is 0.725. The minimum absolute atomic E-state index is 0.279. The highest BCUT2D eigenvalue weighted by atomic mass is 16.5. The number of carbonyl (C=O) groups is 1. The van der Waals surface area contributed by atoms with Gasteiger partial charge < -0.3 is 9.53 Å². The lowest BCUT2D eigenvalue weighted by atomic mass is 9.90. The molecule has 1 rings (SSSR count). The van der Waals surface area contributed by atoms with Gasteiger partial charge in [0.2, 0.25) is 0 Å². The second-order valence-corrected chi connectivity index (χ2v) is 3.31. The molecule has 0 aromatic rings. The largest absolute Gasteiger partial charge is 0.377 e. The molecule has 0 spiro atoms. The van der Waals surface area contributed by atoms with Gasteiger partial charge in [-0.1, -0.05) is 6.08 Å². The molecule has 0 bridgehead atoms. The van der Waals surface area contributed by atoms with Crippen LogP contribution >= 0.6 is 0 Å². The predicted octanol–water partition coefficient (Wildman–Crippen LogP) is 1.95. The summed E-state index contributed by atoms with van der Waals surface area (Å²) in [5.41, 5.74) is 1.29. The van der Waals surface area contributed by atoms with Crippen molar-refractivity contribution in [1.29, 1.82) is 0 Å². The summed E-state index contributed by atoms with van der Waals surface area (Å²) in [5, 5.41) is 0. The van der Waals surface area contributed by atoms with Crippen molar-refractivity contribution in [3.63, 3.8) is 0 Å². The van der Waals surface area contributed by atoms with Crippen LogP contribution in [-0.2, 0) is 9.53 Å². The van der Waals surface area contributed by atoms with Crippen molar-refractivity contribution >= 4 is 5.78 Å². The van der Waals surface area contributed by atoms with E-state index in [2.05, 4.69) is 6.08 Å². The third-order valence-corrected chi connectivity index (χ3v) is 2.31. The maximum absolute atomic E-state index is 10.9. The minimum Gasteiger partial charge on any atom is -0.377 e. The van der Waals surface area contributed by atoms with Crippen molar-refractivity contribution in [3.05, 3.63) is 11.6 Å².